The first-order chi connectivity index (χ1) is 16.2. The summed E-state index contributed by atoms with van der Waals surface area (Å²) in [6.07, 6.45) is 2.17. The second-order valence-corrected chi connectivity index (χ2v) is 9.08. The lowest BCUT2D eigenvalue weighted by atomic mass is 9.63. The van der Waals surface area contributed by atoms with Crippen molar-refractivity contribution in [3.05, 3.63) is 71.6 Å². The van der Waals surface area contributed by atoms with E-state index in [0.29, 0.717) is 30.1 Å². The average molecular weight is 473 g/mol. The first-order valence-corrected chi connectivity index (χ1v) is 11.2. The summed E-state index contributed by atoms with van der Waals surface area (Å²) in [6, 6.07) is 6.31. The number of halogens is 4. The molecule has 2 atom stereocenters. The molecule has 4 heterocycles. The van der Waals surface area contributed by atoms with E-state index in [0.717, 1.165) is 25.1 Å². The molecular formula is C24H23F4N5O. The summed E-state index contributed by atoms with van der Waals surface area (Å²) in [5.41, 5.74) is 0.338. The van der Waals surface area contributed by atoms with E-state index in [-0.39, 0.29) is 29.5 Å². The van der Waals surface area contributed by atoms with Gasteiger partial charge in [-0.2, -0.15) is 28.2 Å². The van der Waals surface area contributed by atoms with Crippen molar-refractivity contribution in [1.29, 1.82) is 0 Å². The molecule has 2 aromatic heterocycles. The van der Waals surface area contributed by atoms with Gasteiger partial charge in [0.1, 0.15) is 5.82 Å². The van der Waals surface area contributed by atoms with Gasteiger partial charge in [-0.25, -0.2) is 4.39 Å². The van der Waals surface area contributed by atoms with E-state index in [4.69, 9.17) is 0 Å². The summed E-state index contributed by atoms with van der Waals surface area (Å²) < 4.78 is 52.7. The number of nitrogens with zero attached hydrogens (tertiary/aromatic N) is 5. The maximum atomic E-state index is 14.2. The standard InChI is InChI=1S/C24H23F4N5O/c1-14-15-10-19(11-15)32(21(14)7-5-18-4-2-16(13-29-18)24(26,27)28)23(34)20-12-17(25)3-6-22(20)33-30-8-9-31-33/h2-4,6,8-9,12-15,19,21H,5,7,10-11H2,1H3/t14-,15?,19?,21?/m1/s1. The highest BCUT2D eigenvalue weighted by atomic mass is 19.4. The molecule has 1 unspecified atom stereocenters. The van der Waals surface area contributed by atoms with Gasteiger partial charge in [0, 0.05) is 24.0 Å². The predicted molar refractivity (Wildman–Crippen MR) is 115 cm³/mol. The number of aromatic nitrogens is 4. The van der Waals surface area contributed by atoms with E-state index in [2.05, 4.69) is 22.1 Å². The van der Waals surface area contributed by atoms with E-state index in [9.17, 15) is 22.4 Å². The number of alkyl halides is 3. The third kappa shape index (κ3) is 4.05. The molecule has 2 bridgehead atoms. The Labute approximate surface area is 193 Å². The number of rotatable bonds is 5. The number of benzene rings is 1. The molecule has 1 amide bonds. The van der Waals surface area contributed by atoms with Gasteiger partial charge in [-0.3, -0.25) is 9.78 Å². The van der Waals surface area contributed by atoms with Crippen LogP contribution < -0.4 is 0 Å². The van der Waals surface area contributed by atoms with Crippen molar-refractivity contribution in [3.63, 3.8) is 0 Å². The van der Waals surface area contributed by atoms with E-state index in [1.54, 1.807) is 0 Å². The molecule has 3 aliphatic rings. The molecule has 6 rings (SSSR count). The van der Waals surface area contributed by atoms with Gasteiger partial charge >= 0.3 is 6.18 Å². The van der Waals surface area contributed by atoms with Crippen LogP contribution in [0.5, 0.6) is 0 Å². The van der Waals surface area contributed by atoms with Crippen LogP contribution in [0, 0.1) is 17.7 Å². The maximum Gasteiger partial charge on any atom is 0.417 e. The number of carbonyl (C=O) groups is 1. The number of aryl methyl sites for hydroxylation is 1. The minimum atomic E-state index is -4.43. The highest BCUT2D eigenvalue weighted by Crippen LogP contribution is 2.48. The quantitative estimate of drug-likeness (QED) is 0.505. The van der Waals surface area contributed by atoms with Gasteiger partial charge in [0.25, 0.3) is 5.91 Å². The Morgan fingerprint density at radius 3 is 2.50 bits per heavy atom. The Morgan fingerprint density at radius 1 is 1.12 bits per heavy atom. The van der Waals surface area contributed by atoms with Crippen molar-refractivity contribution < 1.29 is 22.4 Å². The van der Waals surface area contributed by atoms with Gasteiger partial charge < -0.3 is 4.90 Å². The summed E-state index contributed by atoms with van der Waals surface area (Å²) in [5.74, 6) is -0.101. The van der Waals surface area contributed by atoms with Gasteiger partial charge in [-0.05, 0) is 67.9 Å². The molecule has 1 aliphatic carbocycles. The van der Waals surface area contributed by atoms with Crippen molar-refractivity contribution in [2.75, 3.05) is 0 Å². The molecule has 0 N–H and O–H groups in total. The number of pyridine rings is 1. The van der Waals surface area contributed by atoms with E-state index in [1.807, 2.05) is 4.90 Å². The number of amides is 1. The van der Waals surface area contributed by atoms with Gasteiger partial charge in [0.2, 0.25) is 0 Å². The van der Waals surface area contributed by atoms with Crippen molar-refractivity contribution in [1.82, 2.24) is 24.9 Å². The van der Waals surface area contributed by atoms with Crippen LogP contribution in [0.15, 0.2) is 48.9 Å². The number of hydrogen-bond donors (Lipinski definition) is 0. The van der Waals surface area contributed by atoms with Crippen LogP contribution >= 0.6 is 0 Å². The van der Waals surface area contributed by atoms with Gasteiger partial charge in [-0.1, -0.05) is 6.92 Å². The van der Waals surface area contributed by atoms with Crippen LogP contribution in [0.3, 0.4) is 0 Å². The van der Waals surface area contributed by atoms with Crippen molar-refractivity contribution >= 4 is 5.91 Å². The fourth-order valence-electron chi connectivity index (χ4n) is 5.21. The number of carbonyl (C=O) groups excluding carboxylic acids is 1. The molecule has 178 valence electrons. The highest BCUT2D eigenvalue weighted by Gasteiger charge is 2.50. The Kier molecular flexibility index (Phi) is 5.61. The second-order valence-electron chi connectivity index (χ2n) is 9.08. The lowest BCUT2D eigenvalue weighted by Crippen LogP contribution is -2.63. The van der Waals surface area contributed by atoms with E-state index >= 15 is 0 Å². The molecule has 6 nitrogen and oxygen atoms in total. The first-order valence-electron chi connectivity index (χ1n) is 11.2. The van der Waals surface area contributed by atoms with Crippen molar-refractivity contribution in [2.45, 2.75) is 50.9 Å². The largest absolute Gasteiger partial charge is 0.417 e. The summed E-state index contributed by atoms with van der Waals surface area (Å²) in [5, 5.41) is 8.18. The number of fused-ring (bicyclic) bond motifs is 2. The summed E-state index contributed by atoms with van der Waals surface area (Å²) >= 11 is 0. The lowest BCUT2D eigenvalue weighted by molar-refractivity contribution is -0.137. The second kappa shape index (κ2) is 8.48. The molecule has 2 aliphatic heterocycles. The smallest absolute Gasteiger partial charge is 0.332 e. The Hall–Kier alpha value is -3.30. The summed E-state index contributed by atoms with van der Waals surface area (Å²) in [6.45, 7) is 2.10. The minimum Gasteiger partial charge on any atom is -0.332 e. The van der Waals surface area contributed by atoms with Gasteiger partial charge in [0.05, 0.1) is 29.2 Å². The fraction of sp³-hybridized carbons (Fsp3) is 0.417. The Bertz CT molecular complexity index is 1170. The molecule has 0 radical (unpaired) electrons. The average Bonchev–Trinajstić information content (AvgIpc) is 3.31. The van der Waals surface area contributed by atoms with Crippen LogP contribution in [-0.2, 0) is 12.6 Å². The monoisotopic (exact) mass is 473 g/mol. The van der Waals surface area contributed by atoms with Crippen LogP contribution in [-0.4, -0.2) is 42.9 Å². The molecule has 1 aromatic carbocycles. The van der Waals surface area contributed by atoms with Crippen LogP contribution in [0.4, 0.5) is 17.6 Å². The third-order valence-corrected chi connectivity index (χ3v) is 7.16. The van der Waals surface area contributed by atoms with Crippen molar-refractivity contribution in [3.8, 4) is 5.69 Å². The van der Waals surface area contributed by atoms with E-state index < -0.39 is 17.6 Å². The number of piperidine rings is 2. The van der Waals surface area contributed by atoms with Crippen LogP contribution in [0.25, 0.3) is 5.69 Å². The maximum absolute atomic E-state index is 14.2. The zero-order valence-corrected chi connectivity index (χ0v) is 18.4. The number of hydrogen-bond acceptors (Lipinski definition) is 4. The lowest BCUT2D eigenvalue weighted by Gasteiger charge is -2.57. The third-order valence-electron chi connectivity index (χ3n) is 7.16. The van der Waals surface area contributed by atoms with Crippen LogP contribution in [0.1, 0.15) is 47.8 Å². The Morgan fingerprint density at radius 2 is 1.85 bits per heavy atom. The van der Waals surface area contributed by atoms with Gasteiger partial charge in [0.15, 0.2) is 0 Å². The van der Waals surface area contributed by atoms with Gasteiger partial charge in [-0.15, -0.1) is 0 Å². The van der Waals surface area contributed by atoms with Crippen molar-refractivity contribution in [2.24, 2.45) is 11.8 Å². The summed E-state index contributed by atoms with van der Waals surface area (Å²) in [4.78, 5) is 20.9. The normalized spacial score (nSPS) is 24.1. The fourth-order valence-corrected chi connectivity index (χ4v) is 5.21. The molecule has 3 fully saturated rings. The topological polar surface area (TPSA) is 63.9 Å². The zero-order valence-electron chi connectivity index (χ0n) is 18.4. The molecular weight excluding hydrogens is 450 g/mol. The molecule has 1 saturated carbocycles. The molecule has 34 heavy (non-hydrogen) atoms. The Balaban J connectivity index is 1.40. The zero-order chi connectivity index (χ0) is 24.0. The van der Waals surface area contributed by atoms with Crippen LogP contribution in [0.2, 0.25) is 0 Å². The highest BCUT2D eigenvalue weighted by molar-refractivity contribution is 5.98. The first kappa shape index (κ1) is 22.5. The summed E-state index contributed by atoms with van der Waals surface area (Å²) in [7, 11) is 0. The molecule has 10 heteroatoms. The molecule has 3 aromatic rings. The predicted octanol–water partition coefficient (Wildman–Crippen LogP) is 4.69. The minimum absolute atomic E-state index is 0.0564. The van der Waals surface area contributed by atoms with E-state index in [1.165, 1.54) is 41.5 Å². The SMILES string of the molecule is C[C@@H]1C2CC(C2)N(C(=O)c2cc(F)ccc2-n2nccn2)C1CCc1ccc(C(F)(F)F)cn1. The molecule has 2 saturated heterocycles. The molecule has 0 spiro atoms.